The highest BCUT2D eigenvalue weighted by molar-refractivity contribution is 5.81. The molecular formula is C21H30N2O5. The fraction of sp³-hybridized carbons (Fsp3) is 0.667. The predicted octanol–water partition coefficient (Wildman–Crippen LogP) is 1.88. The van der Waals surface area contributed by atoms with Crippen LogP contribution in [0.2, 0.25) is 0 Å². The summed E-state index contributed by atoms with van der Waals surface area (Å²) in [5.74, 6) is 2.41. The van der Waals surface area contributed by atoms with Crippen molar-refractivity contribution in [1.29, 1.82) is 0 Å². The molecule has 0 aliphatic carbocycles. The second-order valence-corrected chi connectivity index (χ2v) is 8.02. The molecule has 7 heteroatoms. The molecule has 3 aliphatic rings. The summed E-state index contributed by atoms with van der Waals surface area (Å²) in [5.41, 5.74) is 0. The first-order chi connectivity index (χ1) is 13.6. The van der Waals surface area contributed by atoms with Gasteiger partial charge in [0.2, 0.25) is 6.79 Å². The Morgan fingerprint density at radius 2 is 2.00 bits per heavy atom. The Hall–Kier alpha value is -1.99. The molecule has 0 unspecified atom stereocenters. The van der Waals surface area contributed by atoms with Gasteiger partial charge in [-0.15, -0.1) is 0 Å². The van der Waals surface area contributed by atoms with E-state index in [-0.39, 0.29) is 19.3 Å². The van der Waals surface area contributed by atoms with Crippen molar-refractivity contribution in [2.24, 2.45) is 5.92 Å². The Balaban J connectivity index is 1.27. The van der Waals surface area contributed by atoms with Gasteiger partial charge in [0.05, 0.1) is 0 Å². The minimum Gasteiger partial charge on any atom is -0.481 e. The zero-order chi connectivity index (χ0) is 19.5. The topological polar surface area (TPSA) is 71.5 Å². The maximum atomic E-state index is 12.8. The lowest BCUT2D eigenvalue weighted by molar-refractivity contribution is -0.139. The number of rotatable bonds is 5. The third-order valence-electron chi connectivity index (χ3n) is 6.11. The van der Waals surface area contributed by atoms with E-state index in [2.05, 4.69) is 4.90 Å². The SMILES string of the molecule is C[C@H](Oc1ccc2c(c1)OCO2)C(=O)N1CCC(N2CCC[C@H](CO)C2)CC1. The van der Waals surface area contributed by atoms with Gasteiger partial charge >= 0.3 is 0 Å². The molecule has 1 N–H and O–H groups in total. The van der Waals surface area contributed by atoms with Crippen LogP contribution in [0, 0.1) is 5.92 Å². The Labute approximate surface area is 166 Å². The van der Waals surface area contributed by atoms with Crippen LogP contribution in [0.25, 0.3) is 0 Å². The summed E-state index contributed by atoms with van der Waals surface area (Å²) in [6.45, 7) is 5.92. The van der Waals surface area contributed by atoms with Gasteiger partial charge < -0.3 is 24.2 Å². The number of fused-ring (bicyclic) bond motifs is 1. The molecule has 1 amide bonds. The number of carbonyl (C=O) groups excluding carboxylic acids is 1. The lowest BCUT2D eigenvalue weighted by atomic mass is 9.94. The third kappa shape index (κ3) is 4.20. The summed E-state index contributed by atoms with van der Waals surface area (Å²) in [6, 6.07) is 5.89. The lowest BCUT2D eigenvalue weighted by Gasteiger charge is -2.42. The number of hydrogen-bond donors (Lipinski definition) is 1. The van der Waals surface area contributed by atoms with Gasteiger partial charge in [-0.2, -0.15) is 0 Å². The average molecular weight is 390 g/mol. The molecule has 2 saturated heterocycles. The van der Waals surface area contributed by atoms with Crippen molar-refractivity contribution in [3.63, 3.8) is 0 Å². The van der Waals surface area contributed by atoms with E-state index in [0.29, 0.717) is 29.2 Å². The van der Waals surface area contributed by atoms with Crippen molar-refractivity contribution in [3.05, 3.63) is 18.2 Å². The molecule has 0 aromatic heterocycles. The van der Waals surface area contributed by atoms with Gasteiger partial charge in [0.1, 0.15) is 5.75 Å². The average Bonchev–Trinajstić information content (AvgIpc) is 3.21. The smallest absolute Gasteiger partial charge is 0.263 e. The minimum atomic E-state index is -0.536. The third-order valence-corrected chi connectivity index (χ3v) is 6.11. The van der Waals surface area contributed by atoms with Crippen LogP contribution in [0.3, 0.4) is 0 Å². The van der Waals surface area contributed by atoms with Gasteiger partial charge in [0.25, 0.3) is 5.91 Å². The Bertz CT molecular complexity index is 689. The molecule has 0 bridgehead atoms. The minimum absolute atomic E-state index is 0.0306. The van der Waals surface area contributed by atoms with Crippen molar-refractivity contribution in [2.45, 2.75) is 44.8 Å². The molecule has 7 nitrogen and oxygen atoms in total. The number of piperidine rings is 2. The van der Waals surface area contributed by atoms with E-state index < -0.39 is 6.10 Å². The van der Waals surface area contributed by atoms with E-state index in [1.165, 1.54) is 0 Å². The number of hydrogen-bond acceptors (Lipinski definition) is 6. The number of aliphatic hydroxyl groups is 1. The number of nitrogens with zero attached hydrogens (tertiary/aromatic N) is 2. The molecule has 3 aliphatic heterocycles. The number of ether oxygens (including phenoxy) is 3. The van der Waals surface area contributed by atoms with E-state index in [9.17, 15) is 9.90 Å². The van der Waals surface area contributed by atoms with Gasteiger partial charge in [-0.1, -0.05) is 0 Å². The first kappa shape index (κ1) is 19.3. The second-order valence-electron chi connectivity index (χ2n) is 8.02. The summed E-state index contributed by atoms with van der Waals surface area (Å²) in [4.78, 5) is 17.2. The van der Waals surface area contributed by atoms with Gasteiger partial charge in [0, 0.05) is 38.3 Å². The standard InChI is InChI=1S/C21H30N2O5/c1-15(28-18-4-5-19-20(11-18)27-14-26-19)21(25)22-9-6-17(7-10-22)23-8-2-3-16(12-23)13-24/h4-5,11,15-17,24H,2-3,6-10,12-14H2,1H3/t15-,16-/m0/s1. The van der Waals surface area contributed by atoms with Crippen molar-refractivity contribution >= 4 is 5.91 Å². The monoisotopic (exact) mass is 390 g/mol. The maximum Gasteiger partial charge on any atom is 0.263 e. The fourth-order valence-electron chi connectivity index (χ4n) is 4.49. The zero-order valence-electron chi connectivity index (χ0n) is 16.5. The Kier molecular flexibility index (Phi) is 5.92. The number of carbonyl (C=O) groups is 1. The van der Waals surface area contributed by atoms with Crippen LogP contribution in [-0.2, 0) is 4.79 Å². The fourth-order valence-corrected chi connectivity index (χ4v) is 4.49. The first-order valence-electron chi connectivity index (χ1n) is 10.3. The molecule has 0 saturated carbocycles. The van der Waals surface area contributed by atoms with E-state index in [0.717, 1.165) is 51.9 Å². The first-order valence-corrected chi connectivity index (χ1v) is 10.3. The lowest BCUT2D eigenvalue weighted by Crippen LogP contribution is -2.51. The van der Waals surface area contributed by atoms with E-state index >= 15 is 0 Å². The molecule has 154 valence electrons. The molecule has 28 heavy (non-hydrogen) atoms. The van der Waals surface area contributed by atoms with Gasteiger partial charge in [0.15, 0.2) is 17.6 Å². The normalized spacial score (nSPS) is 24.2. The maximum absolute atomic E-state index is 12.8. The molecule has 4 rings (SSSR count). The van der Waals surface area contributed by atoms with Crippen LogP contribution in [0.5, 0.6) is 17.2 Å². The summed E-state index contributed by atoms with van der Waals surface area (Å²) in [7, 11) is 0. The summed E-state index contributed by atoms with van der Waals surface area (Å²) in [5, 5.41) is 9.45. The molecule has 1 aromatic rings. The highest BCUT2D eigenvalue weighted by atomic mass is 16.7. The number of benzene rings is 1. The highest BCUT2D eigenvalue weighted by Crippen LogP contribution is 2.35. The van der Waals surface area contributed by atoms with Crippen LogP contribution in [0.4, 0.5) is 0 Å². The quantitative estimate of drug-likeness (QED) is 0.828. The van der Waals surface area contributed by atoms with Gasteiger partial charge in [-0.05, 0) is 57.2 Å². The molecular weight excluding hydrogens is 360 g/mol. The molecule has 0 spiro atoms. The summed E-state index contributed by atoms with van der Waals surface area (Å²) < 4.78 is 16.5. The Morgan fingerprint density at radius 3 is 2.79 bits per heavy atom. The van der Waals surface area contributed by atoms with E-state index in [1.807, 2.05) is 4.90 Å². The Morgan fingerprint density at radius 1 is 1.21 bits per heavy atom. The van der Waals surface area contributed by atoms with Crippen molar-refractivity contribution in [1.82, 2.24) is 9.80 Å². The highest BCUT2D eigenvalue weighted by Gasteiger charge is 2.31. The largest absolute Gasteiger partial charge is 0.481 e. The van der Waals surface area contributed by atoms with Crippen molar-refractivity contribution in [2.75, 3.05) is 39.6 Å². The van der Waals surface area contributed by atoms with Crippen molar-refractivity contribution in [3.8, 4) is 17.2 Å². The number of likely N-dealkylation sites (tertiary alicyclic amines) is 2. The molecule has 0 radical (unpaired) electrons. The second kappa shape index (κ2) is 8.57. The summed E-state index contributed by atoms with van der Waals surface area (Å²) >= 11 is 0. The molecule has 3 heterocycles. The number of aliphatic hydroxyl groups excluding tert-OH is 1. The van der Waals surface area contributed by atoms with E-state index in [1.54, 1.807) is 25.1 Å². The molecule has 2 fully saturated rings. The number of amides is 1. The van der Waals surface area contributed by atoms with Crippen LogP contribution in [0.15, 0.2) is 18.2 Å². The van der Waals surface area contributed by atoms with Crippen molar-refractivity contribution < 1.29 is 24.1 Å². The van der Waals surface area contributed by atoms with Gasteiger partial charge in [-0.3, -0.25) is 9.69 Å². The summed E-state index contributed by atoms with van der Waals surface area (Å²) in [6.07, 6.45) is 3.72. The van der Waals surface area contributed by atoms with Crippen LogP contribution < -0.4 is 14.2 Å². The molecule has 1 aromatic carbocycles. The zero-order valence-corrected chi connectivity index (χ0v) is 16.5. The van der Waals surface area contributed by atoms with Crippen LogP contribution >= 0.6 is 0 Å². The van der Waals surface area contributed by atoms with Crippen LogP contribution in [-0.4, -0.2) is 72.5 Å². The van der Waals surface area contributed by atoms with E-state index in [4.69, 9.17) is 14.2 Å². The predicted molar refractivity (Wildman–Crippen MR) is 104 cm³/mol. The molecule has 2 atom stereocenters. The van der Waals surface area contributed by atoms with Gasteiger partial charge in [-0.25, -0.2) is 0 Å². The van der Waals surface area contributed by atoms with Crippen LogP contribution in [0.1, 0.15) is 32.6 Å².